The van der Waals surface area contributed by atoms with Crippen LogP contribution in [0.25, 0.3) is 0 Å². The van der Waals surface area contributed by atoms with Gasteiger partial charge >= 0.3 is 0 Å². The predicted molar refractivity (Wildman–Crippen MR) is 127 cm³/mol. The van der Waals surface area contributed by atoms with E-state index >= 15 is 0 Å². The van der Waals surface area contributed by atoms with Crippen molar-refractivity contribution in [3.05, 3.63) is 12.2 Å². The first-order chi connectivity index (χ1) is 15.2. The van der Waals surface area contributed by atoms with Gasteiger partial charge in [0, 0.05) is 6.61 Å². The molecule has 0 spiro atoms. The molecule has 1 saturated heterocycles. The summed E-state index contributed by atoms with van der Waals surface area (Å²) in [5, 5.41) is 28.6. The van der Waals surface area contributed by atoms with Crippen LogP contribution in [0.5, 0.6) is 0 Å². The summed E-state index contributed by atoms with van der Waals surface area (Å²) in [5.41, 5.74) is 0. The summed E-state index contributed by atoms with van der Waals surface area (Å²) in [7, 11) is 0. The molecule has 0 amide bonds. The molecule has 0 aliphatic carbocycles. The minimum Gasteiger partial charge on any atom is -0.394 e. The van der Waals surface area contributed by atoms with E-state index in [1.54, 1.807) is 0 Å². The van der Waals surface area contributed by atoms with E-state index in [2.05, 4.69) is 19.1 Å². The van der Waals surface area contributed by atoms with Crippen LogP contribution >= 0.6 is 0 Å². The number of hydrogen-bond acceptors (Lipinski definition) is 5. The molecule has 184 valence electrons. The van der Waals surface area contributed by atoms with Gasteiger partial charge in [0.2, 0.25) is 0 Å². The molecule has 1 aliphatic rings. The molecule has 0 unspecified atom stereocenters. The number of aliphatic hydroxyl groups excluding tert-OH is 3. The molecule has 0 aromatic heterocycles. The molecular weight excluding hydrogens is 392 g/mol. The van der Waals surface area contributed by atoms with Gasteiger partial charge in [-0.15, -0.1) is 0 Å². The number of allylic oxidation sites excluding steroid dienone is 2. The molecule has 0 aromatic rings. The quantitative estimate of drug-likeness (QED) is 0.166. The molecule has 31 heavy (non-hydrogen) atoms. The van der Waals surface area contributed by atoms with Gasteiger partial charge in [-0.2, -0.15) is 0 Å². The molecule has 0 radical (unpaired) electrons. The number of rotatable bonds is 21. The Balaban J connectivity index is 1.80. The molecule has 0 aromatic carbocycles. The Morgan fingerprint density at radius 2 is 1.35 bits per heavy atom. The predicted octanol–water partition coefficient (Wildman–Crippen LogP) is 5.30. The van der Waals surface area contributed by atoms with Crippen LogP contribution in [0.2, 0.25) is 0 Å². The van der Waals surface area contributed by atoms with Crippen LogP contribution in [0.4, 0.5) is 0 Å². The third-order valence-electron chi connectivity index (χ3n) is 6.22. The maximum absolute atomic E-state index is 10.1. The molecule has 1 rings (SSSR count). The molecule has 0 saturated carbocycles. The van der Waals surface area contributed by atoms with Crippen molar-refractivity contribution in [2.24, 2.45) is 0 Å². The van der Waals surface area contributed by atoms with Gasteiger partial charge in [-0.1, -0.05) is 89.7 Å². The van der Waals surface area contributed by atoms with Crippen LogP contribution < -0.4 is 0 Å². The maximum Gasteiger partial charge on any atom is 0.114 e. The van der Waals surface area contributed by atoms with Crippen molar-refractivity contribution in [1.29, 1.82) is 0 Å². The normalized spacial score (nSPS) is 22.5. The standard InChI is InChI=1S/C26H50O5/c1-2-3-4-5-6-7-8-9-10-11-12-13-14-15-16-17-18-19-20-30-24-22-31-26(25(24)29)23(28)21-27/h10-11,23-29H,2-9,12-22H2,1H3/b11-10+/t23-,24+,25+,26+/m0/s1. The monoisotopic (exact) mass is 442 g/mol. The summed E-state index contributed by atoms with van der Waals surface area (Å²) in [6.45, 7) is 2.74. The lowest BCUT2D eigenvalue weighted by Crippen LogP contribution is -2.41. The third-order valence-corrected chi connectivity index (χ3v) is 6.22. The van der Waals surface area contributed by atoms with Crippen LogP contribution in [-0.4, -0.2) is 59.6 Å². The second kappa shape index (κ2) is 20.2. The second-order valence-electron chi connectivity index (χ2n) is 9.09. The van der Waals surface area contributed by atoms with E-state index in [4.69, 9.17) is 14.6 Å². The van der Waals surface area contributed by atoms with Gasteiger partial charge in [0.25, 0.3) is 0 Å². The average molecular weight is 443 g/mol. The van der Waals surface area contributed by atoms with E-state index in [1.807, 2.05) is 0 Å². The Bertz CT molecular complexity index is 415. The van der Waals surface area contributed by atoms with Crippen LogP contribution in [0.15, 0.2) is 12.2 Å². The summed E-state index contributed by atoms with van der Waals surface area (Å²) >= 11 is 0. The zero-order chi connectivity index (χ0) is 22.6. The van der Waals surface area contributed by atoms with Crippen LogP contribution in [0, 0.1) is 0 Å². The highest BCUT2D eigenvalue weighted by Gasteiger charge is 2.40. The minimum atomic E-state index is -1.05. The lowest BCUT2D eigenvalue weighted by molar-refractivity contribution is -0.0730. The zero-order valence-electron chi connectivity index (χ0n) is 20.1. The Hall–Kier alpha value is -0.460. The first-order valence-corrected chi connectivity index (χ1v) is 13.1. The number of hydrogen-bond donors (Lipinski definition) is 3. The molecule has 1 aliphatic heterocycles. The highest BCUT2D eigenvalue weighted by Crippen LogP contribution is 2.20. The first-order valence-electron chi connectivity index (χ1n) is 13.1. The van der Waals surface area contributed by atoms with Crippen molar-refractivity contribution >= 4 is 0 Å². The van der Waals surface area contributed by atoms with Gasteiger partial charge in [0.05, 0.1) is 13.2 Å². The molecule has 1 fully saturated rings. The second-order valence-corrected chi connectivity index (χ2v) is 9.09. The summed E-state index contributed by atoms with van der Waals surface area (Å²) in [6.07, 6.45) is 22.4. The average Bonchev–Trinajstić information content (AvgIpc) is 3.15. The van der Waals surface area contributed by atoms with Crippen LogP contribution in [0.1, 0.15) is 110 Å². The fraction of sp³-hybridized carbons (Fsp3) is 0.923. The zero-order valence-corrected chi connectivity index (χ0v) is 20.1. The van der Waals surface area contributed by atoms with Crippen molar-refractivity contribution in [2.75, 3.05) is 19.8 Å². The Morgan fingerprint density at radius 1 is 0.839 bits per heavy atom. The summed E-state index contributed by atoms with van der Waals surface area (Å²) < 4.78 is 11.0. The Morgan fingerprint density at radius 3 is 1.90 bits per heavy atom. The summed E-state index contributed by atoms with van der Waals surface area (Å²) in [6, 6.07) is 0. The van der Waals surface area contributed by atoms with Crippen molar-refractivity contribution in [3.63, 3.8) is 0 Å². The number of aliphatic hydroxyl groups is 3. The van der Waals surface area contributed by atoms with E-state index in [9.17, 15) is 10.2 Å². The van der Waals surface area contributed by atoms with E-state index in [0.29, 0.717) is 6.61 Å². The van der Waals surface area contributed by atoms with Crippen molar-refractivity contribution in [2.45, 2.75) is 134 Å². The molecule has 4 atom stereocenters. The van der Waals surface area contributed by atoms with E-state index in [1.165, 1.54) is 89.9 Å². The minimum absolute atomic E-state index is 0.274. The maximum atomic E-state index is 10.1. The van der Waals surface area contributed by atoms with Crippen LogP contribution in [-0.2, 0) is 9.47 Å². The fourth-order valence-electron chi connectivity index (χ4n) is 4.14. The van der Waals surface area contributed by atoms with Gasteiger partial charge in [0.1, 0.15) is 24.4 Å². The molecule has 0 bridgehead atoms. The summed E-state index contributed by atoms with van der Waals surface area (Å²) in [5.74, 6) is 0. The van der Waals surface area contributed by atoms with Gasteiger partial charge in [-0.3, -0.25) is 0 Å². The first kappa shape index (κ1) is 28.6. The molecule has 1 heterocycles. The van der Waals surface area contributed by atoms with Gasteiger partial charge in [0.15, 0.2) is 0 Å². The van der Waals surface area contributed by atoms with Crippen molar-refractivity contribution < 1.29 is 24.8 Å². The highest BCUT2D eigenvalue weighted by molar-refractivity contribution is 4.88. The van der Waals surface area contributed by atoms with E-state index in [-0.39, 0.29) is 6.61 Å². The fourth-order valence-corrected chi connectivity index (χ4v) is 4.14. The number of ether oxygens (including phenoxy) is 2. The Kier molecular flexibility index (Phi) is 18.6. The van der Waals surface area contributed by atoms with Crippen LogP contribution in [0.3, 0.4) is 0 Å². The molecule has 5 heteroatoms. The molecular formula is C26H50O5. The topological polar surface area (TPSA) is 79.2 Å². The van der Waals surface area contributed by atoms with Crippen molar-refractivity contribution in [1.82, 2.24) is 0 Å². The van der Waals surface area contributed by atoms with Crippen molar-refractivity contribution in [3.8, 4) is 0 Å². The van der Waals surface area contributed by atoms with Gasteiger partial charge < -0.3 is 24.8 Å². The molecule has 5 nitrogen and oxygen atoms in total. The lowest BCUT2D eigenvalue weighted by atomic mass is 10.1. The van der Waals surface area contributed by atoms with E-state index in [0.717, 1.165) is 12.8 Å². The SMILES string of the molecule is CCCCCCCCC/C=C/CCCCCCCCCO[C@@H]1CO[C@H]([C@@H](O)CO)[C@@H]1O. The Labute approximate surface area is 191 Å². The summed E-state index contributed by atoms with van der Waals surface area (Å²) in [4.78, 5) is 0. The van der Waals surface area contributed by atoms with Gasteiger partial charge in [-0.05, 0) is 32.1 Å². The third kappa shape index (κ3) is 14.3. The number of unbranched alkanes of at least 4 members (excludes halogenated alkanes) is 14. The lowest BCUT2D eigenvalue weighted by Gasteiger charge is -2.20. The van der Waals surface area contributed by atoms with E-state index < -0.39 is 31.0 Å². The highest BCUT2D eigenvalue weighted by atomic mass is 16.6. The van der Waals surface area contributed by atoms with Gasteiger partial charge in [-0.25, -0.2) is 0 Å². The molecule has 3 N–H and O–H groups in total. The largest absolute Gasteiger partial charge is 0.394 e. The smallest absolute Gasteiger partial charge is 0.114 e.